The van der Waals surface area contributed by atoms with Gasteiger partial charge in [-0.15, -0.1) is 0 Å². The molecule has 5 heteroatoms. The van der Waals surface area contributed by atoms with Gasteiger partial charge < -0.3 is 10.1 Å². The van der Waals surface area contributed by atoms with Gasteiger partial charge >= 0.3 is 0 Å². The predicted octanol–water partition coefficient (Wildman–Crippen LogP) is 5.42. The predicted molar refractivity (Wildman–Crippen MR) is 84.1 cm³/mol. The molecule has 2 nitrogen and oxygen atoms in total. The van der Waals surface area contributed by atoms with E-state index in [-0.39, 0.29) is 11.9 Å². The number of ether oxygens (including phenoxy) is 1. The molecule has 0 fully saturated rings. The van der Waals surface area contributed by atoms with Crippen LogP contribution in [0.3, 0.4) is 0 Å². The molecule has 0 heterocycles. The Labute approximate surface area is 131 Å². The van der Waals surface area contributed by atoms with Gasteiger partial charge in [0, 0.05) is 10.5 Å². The van der Waals surface area contributed by atoms with Crippen molar-refractivity contribution in [1.82, 2.24) is 0 Å². The van der Waals surface area contributed by atoms with Crippen molar-refractivity contribution in [3.8, 4) is 5.75 Å². The molecule has 0 bridgehead atoms. The molecule has 0 amide bonds. The van der Waals surface area contributed by atoms with E-state index in [1.54, 1.807) is 7.11 Å². The normalized spacial score (nSPS) is 12.1. The van der Waals surface area contributed by atoms with Crippen LogP contribution in [0.5, 0.6) is 5.75 Å². The molecule has 2 aromatic rings. The molecule has 0 aliphatic heterocycles. The van der Waals surface area contributed by atoms with Crippen molar-refractivity contribution in [2.24, 2.45) is 0 Å². The Morgan fingerprint density at radius 1 is 1.25 bits per heavy atom. The minimum Gasteiger partial charge on any atom is -0.497 e. The number of benzene rings is 2. The molecule has 0 saturated heterocycles. The maximum atomic E-state index is 13.2. The van der Waals surface area contributed by atoms with Gasteiger partial charge in [-0.1, -0.05) is 23.7 Å². The van der Waals surface area contributed by atoms with E-state index in [0.29, 0.717) is 15.2 Å². The van der Waals surface area contributed by atoms with Crippen LogP contribution in [0.15, 0.2) is 40.9 Å². The van der Waals surface area contributed by atoms with Crippen LogP contribution >= 0.6 is 27.5 Å². The zero-order chi connectivity index (χ0) is 14.7. The molecule has 0 radical (unpaired) electrons. The van der Waals surface area contributed by atoms with Crippen molar-refractivity contribution in [2.75, 3.05) is 12.4 Å². The third-order valence-electron chi connectivity index (χ3n) is 2.98. The van der Waals surface area contributed by atoms with Crippen molar-refractivity contribution in [3.05, 3.63) is 57.3 Å². The summed E-state index contributed by atoms with van der Waals surface area (Å²) >= 11 is 9.38. The van der Waals surface area contributed by atoms with Gasteiger partial charge in [0.15, 0.2) is 0 Å². The average Bonchev–Trinajstić information content (AvgIpc) is 2.42. The Hall–Kier alpha value is -1.26. The third kappa shape index (κ3) is 3.44. The van der Waals surface area contributed by atoms with Gasteiger partial charge in [-0.05, 0) is 52.7 Å². The van der Waals surface area contributed by atoms with E-state index >= 15 is 0 Å². The Balaban J connectivity index is 2.20. The lowest BCUT2D eigenvalue weighted by Crippen LogP contribution is -2.07. The van der Waals surface area contributed by atoms with Gasteiger partial charge in [-0.2, -0.15) is 0 Å². The Kier molecular flexibility index (Phi) is 4.89. The molecule has 2 aromatic carbocycles. The number of halogens is 3. The molecule has 0 aliphatic rings. The van der Waals surface area contributed by atoms with Gasteiger partial charge in [0.05, 0.1) is 17.8 Å². The summed E-state index contributed by atoms with van der Waals surface area (Å²) < 4.78 is 18.9. The minimum absolute atomic E-state index is 0.0279. The standard InChI is InChI=1S/C15H14BrClFNO/c1-9(10-3-5-12(20-2)6-4-10)19-15-13(16)7-11(18)8-14(15)17/h3-9,19H,1-2H3. The molecule has 1 atom stereocenters. The molecule has 0 saturated carbocycles. The molecule has 20 heavy (non-hydrogen) atoms. The maximum absolute atomic E-state index is 13.2. The topological polar surface area (TPSA) is 21.3 Å². The van der Waals surface area contributed by atoms with Gasteiger partial charge in [0.2, 0.25) is 0 Å². The monoisotopic (exact) mass is 357 g/mol. The molecule has 106 valence electrons. The van der Waals surface area contributed by atoms with Crippen LogP contribution in [0.25, 0.3) is 0 Å². The lowest BCUT2D eigenvalue weighted by Gasteiger charge is -2.18. The van der Waals surface area contributed by atoms with E-state index < -0.39 is 0 Å². The lowest BCUT2D eigenvalue weighted by molar-refractivity contribution is 0.414. The summed E-state index contributed by atoms with van der Waals surface area (Å²) in [6.45, 7) is 2.01. The second-order valence-electron chi connectivity index (χ2n) is 4.38. The number of hydrogen-bond acceptors (Lipinski definition) is 2. The van der Waals surface area contributed by atoms with Crippen molar-refractivity contribution in [2.45, 2.75) is 13.0 Å². The minimum atomic E-state index is -0.371. The van der Waals surface area contributed by atoms with Crippen molar-refractivity contribution >= 4 is 33.2 Å². The summed E-state index contributed by atoms with van der Waals surface area (Å²) in [5.41, 5.74) is 1.76. The van der Waals surface area contributed by atoms with Crippen LogP contribution in [0.4, 0.5) is 10.1 Å². The van der Waals surface area contributed by atoms with E-state index in [1.165, 1.54) is 12.1 Å². The van der Waals surface area contributed by atoms with Crippen LogP contribution in [0, 0.1) is 5.82 Å². The van der Waals surface area contributed by atoms with Gasteiger partial charge in [-0.25, -0.2) is 4.39 Å². The number of rotatable bonds is 4. The first-order chi connectivity index (χ1) is 9.51. The van der Waals surface area contributed by atoms with E-state index in [4.69, 9.17) is 16.3 Å². The molecular weight excluding hydrogens is 345 g/mol. The zero-order valence-corrected chi connectivity index (χ0v) is 13.4. The fourth-order valence-corrected chi connectivity index (χ4v) is 2.79. The zero-order valence-electron chi connectivity index (χ0n) is 11.1. The summed E-state index contributed by atoms with van der Waals surface area (Å²) in [4.78, 5) is 0. The second kappa shape index (κ2) is 6.46. The second-order valence-corrected chi connectivity index (χ2v) is 5.65. The highest BCUT2D eigenvalue weighted by molar-refractivity contribution is 9.10. The summed E-state index contributed by atoms with van der Waals surface area (Å²) in [7, 11) is 1.63. The average molecular weight is 359 g/mol. The molecule has 1 N–H and O–H groups in total. The number of methoxy groups -OCH3 is 1. The smallest absolute Gasteiger partial charge is 0.125 e. The van der Waals surface area contributed by atoms with Gasteiger partial charge in [0.1, 0.15) is 11.6 Å². The maximum Gasteiger partial charge on any atom is 0.125 e. The van der Waals surface area contributed by atoms with Crippen LogP contribution < -0.4 is 10.1 Å². The highest BCUT2D eigenvalue weighted by Gasteiger charge is 2.12. The number of nitrogens with one attached hydrogen (secondary N) is 1. The number of hydrogen-bond donors (Lipinski definition) is 1. The Morgan fingerprint density at radius 3 is 2.45 bits per heavy atom. The third-order valence-corrected chi connectivity index (χ3v) is 3.91. The van der Waals surface area contributed by atoms with Gasteiger partial charge in [-0.3, -0.25) is 0 Å². The van der Waals surface area contributed by atoms with Crippen molar-refractivity contribution in [3.63, 3.8) is 0 Å². The highest BCUT2D eigenvalue weighted by Crippen LogP contribution is 2.34. The van der Waals surface area contributed by atoms with Crippen LogP contribution in [-0.2, 0) is 0 Å². The molecule has 0 aliphatic carbocycles. The molecule has 0 spiro atoms. The van der Waals surface area contributed by atoms with Crippen LogP contribution in [0.1, 0.15) is 18.5 Å². The quantitative estimate of drug-likeness (QED) is 0.787. The van der Waals surface area contributed by atoms with Gasteiger partial charge in [0.25, 0.3) is 0 Å². The van der Waals surface area contributed by atoms with E-state index in [1.807, 2.05) is 31.2 Å². The summed E-state index contributed by atoms with van der Waals surface area (Å²) in [5, 5.41) is 3.62. The van der Waals surface area contributed by atoms with Crippen molar-refractivity contribution in [1.29, 1.82) is 0 Å². The molecule has 1 unspecified atom stereocenters. The summed E-state index contributed by atoms with van der Waals surface area (Å²) in [6.07, 6.45) is 0. The van der Waals surface area contributed by atoms with Crippen LogP contribution in [0.2, 0.25) is 5.02 Å². The first kappa shape index (κ1) is 15.1. The molecule has 0 aromatic heterocycles. The lowest BCUT2D eigenvalue weighted by atomic mass is 10.1. The van der Waals surface area contributed by atoms with Crippen molar-refractivity contribution < 1.29 is 9.13 Å². The fraction of sp³-hybridized carbons (Fsp3) is 0.200. The highest BCUT2D eigenvalue weighted by atomic mass is 79.9. The fourth-order valence-electron chi connectivity index (χ4n) is 1.87. The summed E-state index contributed by atoms with van der Waals surface area (Å²) in [6, 6.07) is 10.4. The summed E-state index contributed by atoms with van der Waals surface area (Å²) in [5.74, 6) is 0.437. The first-order valence-electron chi connectivity index (χ1n) is 6.06. The van der Waals surface area contributed by atoms with E-state index in [9.17, 15) is 4.39 Å². The molecular formula is C15H14BrClFNO. The first-order valence-corrected chi connectivity index (χ1v) is 7.23. The van der Waals surface area contributed by atoms with E-state index in [0.717, 1.165) is 11.3 Å². The number of anilines is 1. The SMILES string of the molecule is COc1ccc(C(C)Nc2c(Cl)cc(F)cc2Br)cc1. The largest absolute Gasteiger partial charge is 0.497 e. The Bertz CT molecular complexity index is 580. The molecule has 2 rings (SSSR count). The van der Waals surface area contributed by atoms with Crippen LogP contribution in [-0.4, -0.2) is 7.11 Å². The Morgan fingerprint density at radius 2 is 1.90 bits per heavy atom. The van der Waals surface area contributed by atoms with E-state index in [2.05, 4.69) is 21.2 Å².